The monoisotopic (exact) mass is 287 g/mol. The summed E-state index contributed by atoms with van der Waals surface area (Å²) in [4.78, 5) is 12.3. The van der Waals surface area contributed by atoms with Gasteiger partial charge in [-0.3, -0.25) is 4.79 Å². The summed E-state index contributed by atoms with van der Waals surface area (Å²) in [6, 6.07) is 12.7. The van der Waals surface area contributed by atoms with Gasteiger partial charge in [0.05, 0.1) is 11.6 Å². The van der Waals surface area contributed by atoms with Crippen molar-refractivity contribution in [2.45, 2.75) is 12.8 Å². The Morgan fingerprint density at radius 3 is 2.50 bits per heavy atom. The maximum absolute atomic E-state index is 13.7. The summed E-state index contributed by atoms with van der Waals surface area (Å²) < 4.78 is 13.7. The smallest absolute Gasteiger partial charge is 0.187 e. The van der Waals surface area contributed by atoms with Crippen LogP contribution in [0.2, 0.25) is 5.02 Å². The Morgan fingerprint density at radius 1 is 1.25 bits per heavy atom. The Bertz CT molecular complexity index is 689. The molecule has 0 aliphatic rings. The second-order valence-corrected chi connectivity index (χ2v) is 4.90. The first-order valence-corrected chi connectivity index (χ1v) is 6.36. The molecule has 0 heterocycles. The summed E-state index contributed by atoms with van der Waals surface area (Å²) in [7, 11) is 0. The number of hydrogen-bond donors (Lipinski definition) is 0. The highest BCUT2D eigenvalue weighted by atomic mass is 35.5. The molecule has 0 aromatic heterocycles. The highest BCUT2D eigenvalue weighted by Crippen LogP contribution is 2.24. The van der Waals surface area contributed by atoms with Gasteiger partial charge < -0.3 is 0 Å². The van der Waals surface area contributed by atoms with Crippen LogP contribution in [0.4, 0.5) is 4.39 Å². The van der Waals surface area contributed by atoms with Crippen LogP contribution in [-0.4, -0.2) is 5.78 Å². The summed E-state index contributed by atoms with van der Waals surface area (Å²) in [6.07, 6.45) is 0. The zero-order valence-electron chi connectivity index (χ0n) is 10.7. The summed E-state index contributed by atoms with van der Waals surface area (Å²) in [6.45, 7) is 1.91. The third kappa shape index (κ3) is 2.87. The van der Waals surface area contributed by atoms with E-state index in [0.29, 0.717) is 5.56 Å². The number of nitriles is 1. The van der Waals surface area contributed by atoms with E-state index < -0.39 is 17.5 Å². The van der Waals surface area contributed by atoms with Gasteiger partial charge in [0.15, 0.2) is 5.78 Å². The quantitative estimate of drug-likeness (QED) is 0.791. The first-order chi connectivity index (χ1) is 9.52. The normalized spacial score (nSPS) is 11.7. The lowest BCUT2D eigenvalue weighted by molar-refractivity contribution is 0.0975. The zero-order valence-corrected chi connectivity index (χ0v) is 11.5. The van der Waals surface area contributed by atoms with Gasteiger partial charge in [-0.25, -0.2) is 4.39 Å². The van der Waals surface area contributed by atoms with Gasteiger partial charge >= 0.3 is 0 Å². The number of rotatable bonds is 3. The van der Waals surface area contributed by atoms with E-state index in [-0.39, 0.29) is 10.6 Å². The Labute approximate surface area is 121 Å². The fraction of sp³-hybridized carbons (Fsp3) is 0.125. The molecule has 0 spiro atoms. The second-order valence-electron chi connectivity index (χ2n) is 4.46. The minimum Gasteiger partial charge on any atom is -0.292 e. The van der Waals surface area contributed by atoms with E-state index in [2.05, 4.69) is 0 Å². The molecular formula is C16H11ClFNO. The fourth-order valence-corrected chi connectivity index (χ4v) is 2.06. The molecule has 0 amide bonds. The Hall–Kier alpha value is -2.18. The van der Waals surface area contributed by atoms with Crippen LogP contribution in [0.5, 0.6) is 0 Å². The van der Waals surface area contributed by atoms with Crippen LogP contribution in [0.3, 0.4) is 0 Å². The van der Waals surface area contributed by atoms with Crippen LogP contribution in [0.15, 0.2) is 42.5 Å². The van der Waals surface area contributed by atoms with Gasteiger partial charge in [-0.2, -0.15) is 5.26 Å². The maximum Gasteiger partial charge on any atom is 0.187 e. The highest BCUT2D eigenvalue weighted by Gasteiger charge is 2.24. The molecule has 0 saturated carbocycles. The third-order valence-corrected chi connectivity index (χ3v) is 3.23. The molecule has 0 radical (unpaired) electrons. The summed E-state index contributed by atoms with van der Waals surface area (Å²) in [5, 5.41) is 9.47. The first-order valence-electron chi connectivity index (χ1n) is 5.98. The van der Waals surface area contributed by atoms with Crippen molar-refractivity contribution >= 4 is 17.4 Å². The average Bonchev–Trinajstić information content (AvgIpc) is 2.44. The van der Waals surface area contributed by atoms with Crippen LogP contribution in [0.25, 0.3) is 0 Å². The third-order valence-electron chi connectivity index (χ3n) is 3.00. The lowest BCUT2D eigenvalue weighted by atomic mass is 9.91. The molecule has 100 valence electrons. The van der Waals surface area contributed by atoms with E-state index in [1.807, 2.05) is 13.0 Å². The second kappa shape index (κ2) is 5.85. The molecule has 0 bridgehead atoms. The van der Waals surface area contributed by atoms with E-state index >= 15 is 0 Å². The molecule has 0 aliphatic heterocycles. The summed E-state index contributed by atoms with van der Waals surface area (Å²) in [5.41, 5.74) is 1.40. The van der Waals surface area contributed by atoms with Gasteiger partial charge in [-0.05, 0) is 30.7 Å². The number of carbonyl (C=O) groups is 1. The Kier molecular flexibility index (Phi) is 4.16. The number of aryl methyl sites for hydroxylation is 1. The predicted molar refractivity (Wildman–Crippen MR) is 75.3 cm³/mol. The Balaban J connectivity index is 2.42. The van der Waals surface area contributed by atoms with E-state index in [1.165, 1.54) is 12.1 Å². The van der Waals surface area contributed by atoms with E-state index in [1.54, 1.807) is 24.3 Å². The molecule has 0 fully saturated rings. The number of halogens is 2. The molecule has 2 nitrogen and oxygen atoms in total. The largest absolute Gasteiger partial charge is 0.292 e. The highest BCUT2D eigenvalue weighted by molar-refractivity contribution is 6.31. The van der Waals surface area contributed by atoms with Crippen molar-refractivity contribution in [1.82, 2.24) is 0 Å². The van der Waals surface area contributed by atoms with Gasteiger partial charge in [-0.1, -0.05) is 41.4 Å². The minimum atomic E-state index is -1.04. The van der Waals surface area contributed by atoms with Crippen LogP contribution >= 0.6 is 11.6 Å². The van der Waals surface area contributed by atoms with Crippen LogP contribution in [0.1, 0.15) is 27.4 Å². The molecule has 20 heavy (non-hydrogen) atoms. The van der Waals surface area contributed by atoms with Crippen molar-refractivity contribution in [3.8, 4) is 6.07 Å². The van der Waals surface area contributed by atoms with Gasteiger partial charge in [0.25, 0.3) is 0 Å². The van der Waals surface area contributed by atoms with Crippen molar-refractivity contribution < 1.29 is 9.18 Å². The van der Waals surface area contributed by atoms with Gasteiger partial charge in [-0.15, -0.1) is 0 Å². The summed E-state index contributed by atoms with van der Waals surface area (Å²) in [5.74, 6) is -2.30. The van der Waals surface area contributed by atoms with Crippen molar-refractivity contribution in [1.29, 1.82) is 5.26 Å². The SMILES string of the molecule is Cc1ccc(C(C#N)C(=O)c2cc(Cl)ccc2F)cc1. The maximum atomic E-state index is 13.7. The van der Waals surface area contributed by atoms with Crippen molar-refractivity contribution in [3.63, 3.8) is 0 Å². The lowest BCUT2D eigenvalue weighted by Crippen LogP contribution is -2.13. The van der Waals surface area contributed by atoms with Crippen LogP contribution in [-0.2, 0) is 0 Å². The standard InChI is InChI=1S/C16H11ClFNO/c1-10-2-4-11(5-3-10)14(9-19)16(20)13-8-12(17)6-7-15(13)18/h2-8,14H,1H3. The molecule has 0 saturated heterocycles. The zero-order chi connectivity index (χ0) is 14.7. The molecule has 1 unspecified atom stereocenters. The molecule has 2 rings (SSSR count). The molecule has 0 aliphatic carbocycles. The van der Waals surface area contributed by atoms with Crippen LogP contribution < -0.4 is 0 Å². The fourth-order valence-electron chi connectivity index (χ4n) is 1.89. The van der Waals surface area contributed by atoms with E-state index in [4.69, 9.17) is 11.6 Å². The number of ketones is 1. The van der Waals surface area contributed by atoms with E-state index in [0.717, 1.165) is 11.6 Å². The number of hydrogen-bond acceptors (Lipinski definition) is 2. The van der Waals surface area contributed by atoms with Crippen LogP contribution in [0, 0.1) is 24.1 Å². The number of benzene rings is 2. The molecule has 4 heteroatoms. The van der Waals surface area contributed by atoms with E-state index in [9.17, 15) is 14.4 Å². The van der Waals surface area contributed by atoms with Gasteiger partial charge in [0.1, 0.15) is 11.7 Å². The average molecular weight is 288 g/mol. The minimum absolute atomic E-state index is 0.162. The number of Topliss-reactive ketones (excluding diaryl/α,β-unsaturated/α-hetero) is 1. The number of carbonyl (C=O) groups excluding carboxylic acids is 1. The van der Waals surface area contributed by atoms with Crippen molar-refractivity contribution in [2.75, 3.05) is 0 Å². The van der Waals surface area contributed by atoms with Gasteiger partial charge in [0.2, 0.25) is 0 Å². The van der Waals surface area contributed by atoms with Crippen molar-refractivity contribution in [2.24, 2.45) is 0 Å². The molecule has 2 aromatic rings. The number of nitrogens with zero attached hydrogens (tertiary/aromatic N) is 1. The molecule has 2 aromatic carbocycles. The topological polar surface area (TPSA) is 40.9 Å². The lowest BCUT2D eigenvalue weighted by Gasteiger charge is -2.10. The predicted octanol–water partition coefficient (Wildman–Crippen LogP) is 4.28. The molecular weight excluding hydrogens is 277 g/mol. The first kappa shape index (κ1) is 14.2. The van der Waals surface area contributed by atoms with Crippen molar-refractivity contribution in [3.05, 3.63) is 70.0 Å². The Morgan fingerprint density at radius 2 is 1.90 bits per heavy atom. The molecule has 0 N–H and O–H groups in total. The van der Waals surface area contributed by atoms with Gasteiger partial charge in [0, 0.05) is 5.02 Å². The molecule has 1 atom stereocenters. The summed E-state index contributed by atoms with van der Waals surface area (Å²) >= 11 is 5.77.